The largest absolute Gasteiger partial charge is 0.495 e. The summed E-state index contributed by atoms with van der Waals surface area (Å²) in [5.41, 5.74) is 2.74. The second-order valence-electron chi connectivity index (χ2n) is 12.9. The number of anilines is 1. The molecular weight excluding hydrogens is 702 g/mol. The van der Waals surface area contributed by atoms with E-state index in [1.54, 1.807) is 12.1 Å². The first-order chi connectivity index (χ1) is 25.0. The molecule has 10 nitrogen and oxygen atoms in total. The average Bonchev–Trinajstić information content (AvgIpc) is 3.16. The van der Waals surface area contributed by atoms with E-state index < -0.39 is 28.5 Å². The molecule has 0 saturated heterocycles. The highest BCUT2D eigenvalue weighted by atomic mass is 35.5. The highest BCUT2D eigenvalue weighted by Crippen LogP contribution is 2.37. The van der Waals surface area contributed by atoms with Crippen LogP contribution >= 0.6 is 11.6 Å². The predicted molar refractivity (Wildman–Crippen MR) is 203 cm³/mol. The number of nitrogens with zero attached hydrogens (tertiary/aromatic N) is 2. The van der Waals surface area contributed by atoms with E-state index in [0.717, 1.165) is 53.1 Å². The third-order valence-electron chi connectivity index (χ3n) is 9.33. The number of halogens is 1. The van der Waals surface area contributed by atoms with Crippen molar-refractivity contribution in [3.8, 4) is 17.2 Å². The molecule has 0 spiro atoms. The molecule has 1 N–H and O–H groups in total. The van der Waals surface area contributed by atoms with E-state index in [2.05, 4.69) is 5.32 Å². The quantitative estimate of drug-likeness (QED) is 0.140. The number of benzene rings is 4. The van der Waals surface area contributed by atoms with Crippen molar-refractivity contribution in [2.24, 2.45) is 0 Å². The minimum atomic E-state index is -4.48. The van der Waals surface area contributed by atoms with Crippen LogP contribution in [0, 0.1) is 6.92 Å². The first-order valence-electron chi connectivity index (χ1n) is 17.3. The Morgan fingerprint density at radius 1 is 0.808 bits per heavy atom. The second-order valence-corrected chi connectivity index (χ2v) is 15.2. The first kappa shape index (κ1) is 38.5. The Morgan fingerprint density at radius 3 is 2.12 bits per heavy atom. The lowest BCUT2D eigenvalue weighted by molar-refractivity contribution is -0.140. The first-order valence-corrected chi connectivity index (χ1v) is 19.1. The Kier molecular flexibility index (Phi) is 13.1. The van der Waals surface area contributed by atoms with Gasteiger partial charge in [-0.15, -0.1) is 0 Å². The summed E-state index contributed by atoms with van der Waals surface area (Å²) in [5, 5.41) is 3.47. The van der Waals surface area contributed by atoms with Gasteiger partial charge in [0.2, 0.25) is 11.8 Å². The molecule has 1 aliphatic carbocycles. The van der Waals surface area contributed by atoms with Crippen molar-refractivity contribution in [3.63, 3.8) is 0 Å². The Bertz CT molecular complexity index is 1930. The number of rotatable bonds is 15. The monoisotopic (exact) mass is 747 g/mol. The maximum atomic E-state index is 14.9. The van der Waals surface area contributed by atoms with Gasteiger partial charge in [-0.3, -0.25) is 13.9 Å². The summed E-state index contributed by atoms with van der Waals surface area (Å²) < 4.78 is 46.7. The molecule has 0 heterocycles. The Balaban J connectivity index is 1.62. The van der Waals surface area contributed by atoms with Gasteiger partial charge < -0.3 is 24.4 Å². The van der Waals surface area contributed by atoms with Gasteiger partial charge >= 0.3 is 0 Å². The summed E-state index contributed by atoms with van der Waals surface area (Å²) in [6, 6.07) is 25.0. The van der Waals surface area contributed by atoms with Crippen molar-refractivity contribution >= 4 is 39.1 Å². The fourth-order valence-electron chi connectivity index (χ4n) is 6.46. The van der Waals surface area contributed by atoms with Crippen LogP contribution in [0.1, 0.15) is 48.8 Å². The van der Waals surface area contributed by atoms with Gasteiger partial charge in [-0.1, -0.05) is 91.0 Å². The third kappa shape index (κ3) is 9.37. The maximum absolute atomic E-state index is 14.9. The molecule has 4 aromatic rings. The zero-order valence-electron chi connectivity index (χ0n) is 30.0. The van der Waals surface area contributed by atoms with Crippen LogP contribution in [0.3, 0.4) is 0 Å². The predicted octanol–water partition coefficient (Wildman–Crippen LogP) is 6.96. The Labute approximate surface area is 311 Å². The highest BCUT2D eigenvalue weighted by Gasteiger charge is 2.36. The number of nitrogens with one attached hydrogen (secondary N) is 1. The summed E-state index contributed by atoms with van der Waals surface area (Å²) in [5.74, 6) is -0.169. The van der Waals surface area contributed by atoms with Crippen molar-refractivity contribution in [1.82, 2.24) is 10.2 Å². The normalized spacial score (nSPS) is 13.9. The SMILES string of the molecule is COc1ccc(S(=O)(=O)N(CC(=O)N(Cc2ccc(C)cc2)[C@@H](Cc2ccccc2)C(=O)NC2CCCCC2)c2cc(Cl)ccc2OC)cc1OC. The van der Waals surface area contributed by atoms with Crippen LogP contribution in [0.5, 0.6) is 17.2 Å². The van der Waals surface area contributed by atoms with Crippen molar-refractivity contribution in [2.75, 3.05) is 32.2 Å². The summed E-state index contributed by atoms with van der Waals surface area (Å²) >= 11 is 6.43. The molecule has 1 aliphatic rings. The molecule has 0 aliphatic heterocycles. The van der Waals surface area contributed by atoms with Crippen LogP contribution in [0.2, 0.25) is 5.02 Å². The van der Waals surface area contributed by atoms with Crippen molar-refractivity contribution in [1.29, 1.82) is 0 Å². The van der Waals surface area contributed by atoms with E-state index in [0.29, 0.717) is 5.75 Å². The summed E-state index contributed by atoms with van der Waals surface area (Å²) in [7, 11) is -0.219. The summed E-state index contributed by atoms with van der Waals surface area (Å²) in [6.45, 7) is 1.37. The molecule has 0 unspecified atom stereocenters. The molecule has 1 saturated carbocycles. The number of hydrogen-bond acceptors (Lipinski definition) is 7. The number of hydrogen-bond donors (Lipinski definition) is 1. The van der Waals surface area contributed by atoms with Crippen LogP contribution < -0.4 is 23.8 Å². The van der Waals surface area contributed by atoms with Crippen molar-refractivity contribution in [3.05, 3.63) is 113 Å². The lowest BCUT2D eigenvalue weighted by Crippen LogP contribution is -2.55. The molecule has 0 radical (unpaired) electrons. The molecular formula is C40H46ClN3O7S. The van der Waals surface area contributed by atoms with E-state index in [1.165, 1.54) is 50.5 Å². The van der Waals surface area contributed by atoms with Crippen LogP contribution in [0.4, 0.5) is 5.69 Å². The zero-order valence-corrected chi connectivity index (χ0v) is 31.6. The lowest BCUT2D eigenvalue weighted by Gasteiger charge is -2.35. The van der Waals surface area contributed by atoms with Gasteiger partial charge in [0.05, 0.1) is 31.9 Å². The molecule has 4 aromatic carbocycles. The van der Waals surface area contributed by atoms with Gasteiger partial charge in [-0.2, -0.15) is 0 Å². The van der Waals surface area contributed by atoms with Gasteiger partial charge in [-0.05, 0) is 61.2 Å². The van der Waals surface area contributed by atoms with E-state index in [4.69, 9.17) is 25.8 Å². The molecule has 0 aromatic heterocycles. The minimum absolute atomic E-state index is 0.00602. The molecule has 276 valence electrons. The fraction of sp³-hybridized carbons (Fsp3) is 0.350. The molecule has 0 bridgehead atoms. The number of ether oxygens (including phenoxy) is 3. The van der Waals surface area contributed by atoms with Gasteiger partial charge in [-0.25, -0.2) is 8.42 Å². The Morgan fingerprint density at radius 2 is 1.46 bits per heavy atom. The average molecular weight is 748 g/mol. The van der Waals surface area contributed by atoms with Gasteiger partial charge in [0, 0.05) is 30.1 Å². The molecule has 1 fully saturated rings. The highest BCUT2D eigenvalue weighted by molar-refractivity contribution is 7.92. The summed E-state index contributed by atoms with van der Waals surface area (Å²) in [6.07, 6.45) is 5.10. The summed E-state index contributed by atoms with van der Waals surface area (Å²) in [4.78, 5) is 30.6. The maximum Gasteiger partial charge on any atom is 0.265 e. The van der Waals surface area contributed by atoms with Gasteiger partial charge in [0.15, 0.2) is 11.5 Å². The number of carbonyl (C=O) groups excluding carboxylic acids is 2. The van der Waals surface area contributed by atoms with E-state index in [1.807, 2.05) is 61.5 Å². The van der Waals surface area contributed by atoms with E-state index in [-0.39, 0.29) is 52.0 Å². The number of methoxy groups -OCH3 is 3. The number of carbonyl (C=O) groups is 2. The molecule has 1 atom stereocenters. The molecule has 52 heavy (non-hydrogen) atoms. The van der Waals surface area contributed by atoms with Crippen molar-refractivity contribution < 1.29 is 32.2 Å². The third-order valence-corrected chi connectivity index (χ3v) is 11.3. The smallest absolute Gasteiger partial charge is 0.265 e. The fourth-order valence-corrected chi connectivity index (χ4v) is 8.06. The van der Waals surface area contributed by atoms with Gasteiger partial charge in [0.25, 0.3) is 10.0 Å². The van der Waals surface area contributed by atoms with Crippen LogP contribution in [-0.2, 0) is 32.6 Å². The standard InChI is InChI=1S/C40H46ClN3O7S/c1-28-15-17-30(18-16-28)26-43(35(23-29-11-7-5-8-12-29)40(46)42-32-13-9-6-10-14-32)39(45)27-44(34-24-31(41)19-21-36(34)49-2)52(47,48)33-20-22-37(50-3)38(25-33)51-4/h5,7-8,11-12,15-22,24-25,32,35H,6,9-10,13-14,23,26-27H2,1-4H3,(H,42,46)/t35-/m0/s1. The number of amides is 2. The van der Waals surface area contributed by atoms with Crippen LogP contribution in [0.25, 0.3) is 0 Å². The zero-order chi connectivity index (χ0) is 37.3. The second kappa shape index (κ2) is 17.7. The molecule has 2 amide bonds. The number of sulfonamides is 1. The topological polar surface area (TPSA) is 114 Å². The lowest BCUT2D eigenvalue weighted by atomic mass is 9.94. The van der Waals surface area contributed by atoms with Crippen LogP contribution in [0.15, 0.2) is 95.9 Å². The number of aryl methyl sites for hydroxylation is 1. The van der Waals surface area contributed by atoms with E-state index >= 15 is 0 Å². The molecule has 12 heteroatoms. The van der Waals surface area contributed by atoms with Gasteiger partial charge in [0.1, 0.15) is 18.3 Å². The van der Waals surface area contributed by atoms with Crippen molar-refractivity contribution in [2.45, 2.75) is 69.0 Å². The Hall–Kier alpha value is -4.74. The van der Waals surface area contributed by atoms with Crippen LogP contribution in [-0.4, -0.2) is 65.1 Å². The minimum Gasteiger partial charge on any atom is -0.495 e. The molecule has 5 rings (SSSR count). The van der Waals surface area contributed by atoms with E-state index in [9.17, 15) is 18.0 Å².